The predicted octanol–water partition coefficient (Wildman–Crippen LogP) is 27.2. The number of unbranched alkanes of at least 4 members (excludes halogenated alkanes) is 12. The van der Waals surface area contributed by atoms with Crippen LogP contribution in [0.25, 0.3) is 33.1 Å². The smallest absolute Gasteiger partial charge is 0.284 e. The number of hydrogen-bond acceptors (Lipinski definition) is 17. The number of phenols is 1. The van der Waals surface area contributed by atoms with Crippen molar-refractivity contribution in [2.24, 2.45) is 9.98 Å². The van der Waals surface area contributed by atoms with Gasteiger partial charge in [-0.2, -0.15) is 0 Å². The van der Waals surface area contributed by atoms with Gasteiger partial charge in [-0.25, -0.2) is 29.9 Å². The summed E-state index contributed by atoms with van der Waals surface area (Å²) in [4.78, 5) is 43.2. The van der Waals surface area contributed by atoms with E-state index in [4.69, 9.17) is 68.3 Å². The van der Waals surface area contributed by atoms with Crippen LogP contribution in [0, 0.1) is 31.1 Å². The summed E-state index contributed by atoms with van der Waals surface area (Å²) >= 11 is 0. The van der Waals surface area contributed by atoms with Gasteiger partial charge in [0.15, 0.2) is 0 Å². The summed E-state index contributed by atoms with van der Waals surface area (Å²) in [5.74, 6) is 0.114. The Morgan fingerprint density at radius 3 is 1.02 bits per heavy atom. The van der Waals surface area contributed by atoms with Gasteiger partial charge >= 0.3 is 0 Å². The molecule has 0 spiro atoms. The first-order valence-corrected chi connectivity index (χ1v) is 44.8. The molecule has 1 N–H and O–H groups in total. The molecule has 10 aromatic carbocycles. The number of para-hydroxylation sites is 6. The molecule has 126 heavy (non-hydrogen) atoms. The normalized spacial score (nSPS) is 15.9. The Morgan fingerprint density at radius 1 is 0.349 bits per heavy atom. The van der Waals surface area contributed by atoms with Gasteiger partial charge in [-0.1, -0.05) is 299 Å². The number of rotatable bonds is 27. The Bertz CT molecular complexity index is 6130. The van der Waals surface area contributed by atoms with Crippen LogP contribution in [0.5, 0.6) is 87.0 Å². The number of aromatic nitrogens is 6. The molecule has 4 unspecified atom stereocenters. The minimum atomic E-state index is -0.836. The maximum atomic E-state index is 17.9. The van der Waals surface area contributed by atoms with E-state index < -0.39 is 41.2 Å². The number of phenolic OH excluding ortho intramolecular Hbond substituents is 1. The van der Waals surface area contributed by atoms with Crippen LogP contribution in [-0.4, -0.2) is 47.4 Å². The first kappa shape index (κ1) is 91.0. The molecule has 6 heterocycles. The van der Waals surface area contributed by atoms with Crippen LogP contribution in [0.2, 0.25) is 0 Å². The SMILES string of the molecule is CCCCCCC1c2cc3c(O)cc2Oc2nc4ccccc4nc2Oc2cc4c(cc21)C(CCCCCC)c1cc2c(cc1Oc1nc5ccccc5nc1O4)Oc1nc4ccccc4nc1Oc1c(cc(c([O-])c1C=N[C@H](c1ccccc1)[C@H](N=Cc1cc(C(C)(C)C)cc(C(C)(C)C)c1[O-])c1ccccc1)C3CCCCCC)C2CCCCCC.[O-2].[O-2].[U]. The third-order valence-electron chi connectivity index (χ3n) is 25.0. The van der Waals surface area contributed by atoms with Crippen molar-refractivity contribution in [1.82, 2.24) is 29.9 Å². The molecule has 8 bridgehead atoms. The summed E-state index contributed by atoms with van der Waals surface area (Å²) in [6.07, 6.45) is 20.4. The average Bonchev–Trinajstić information content (AvgIpc) is 1.50. The minimum absolute atomic E-state index is 0. The third kappa shape index (κ3) is 19.1. The van der Waals surface area contributed by atoms with Crippen LogP contribution in [0.4, 0.5) is 0 Å². The van der Waals surface area contributed by atoms with E-state index in [0.717, 1.165) is 141 Å². The van der Waals surface area contributed by atoms with Crippen molar-refractivity contribution in [3.8, 4) is 87.0 Å². The molecule has 3 aliphatic heterocycles. The Balaban J connectivity index is 0.00000429. The van der Waals surface area contributed by atoms with Gasteiger partial charge < -0.3 is 54.7 Å². The van der Waals surface area contributed by atoms with Crippen LogP contribution in [-0.2, 0) is 21.8 Å². The molecule has 3 aromatic heterocycles. The van der Waals surface area contributed by atoms with Crippen LogP contribution in [0.15, 0.2) is 198 Å². The quantitative estimate of drug-likeness (QED) is 0.0370. The van der Waals surface area contributed by atoms with Gasteiger partial charge in [0.05, 0.1) is 33.1 Å². The molecule has 0 saturated heterocycles. The van der Waals surface area contributed by atoms with Crippen LogP contribution in [0.3, 0.4) is 0 Å². The van der Waals surface area contributed by atoms with Gasteiger partial charge in [-0.3, -0.25) is 9.98 Å². The molecule has 4 aliphatic rings. The molecule has 1 aliphatic carbocycles. The third-order valence-corrected chi connectivity index (χ3v) is 25.0. The van der Waals surface area contributed by atoms with Crippen molar-refractivity contribution in [2.45, 2.75) is 244 Å². The van der Waals surface area contributed by atoms with Crippen molar-refractivity contribution in [2.75, 3.05) is 0 Å². The topological polar surface area (TPSA) is 281 Å². The van der Waals surface area contributed by atoms with Gasteiger partial charge in [-0.15, -0.1) is 0 Å². The predicted molar refractivity (Wildman–Crippen MR) is 487 cm³/mol. The maximum Gasteiger partial charge on any atom is 0.284 e. The zero-order chi connectivity index (χ0) is 85.0. The molecular weight excluding hydrogens is 1800 g/mol. The molecule has 20 heteroatoms. The zero-order valence-corrected chi connectivity index (χ0v) is 77.9. The van der Waals surface area contributed by atoms with Gasteiger partial charge in [0.25, 0.3) is 35.3 Å². The Hall–Kier alpha value is -11.3. The maximum absolute atomic E-state index is 17.9. The average molecular weight is 1910 g/mol. The summed E-state index contributed by atoms with van der Waals surface area (Å²) in [5, 5.41) is 46.7. The zero-order valence-electron chi connectivity index (χ0n) is 73.8. The van der Waals surface area contributed by atoms with Crippen LogP contribution in [0.1, 0.15) is 311 Å². The van der Waals surface area contributed by atoms with E-state index in [9.17, 15) is 5.11 Å². The van der Waals surface area contributed by atoms with E-state index in [2.05, 4.69) is 99.6 Å². The monoisotopic (exact) mass is 1910 g/mol. The second-order valence-corrected chi connectivity index (χ2v) is 35.8. The molecule has 0 radical (unpaired) electrons. The first-order chi connectivity index (χ1) is 59.8. The number of nitrogens with zero attached hydrogens (tertiary/aromatic N) is 8. The van der Waals surface area contributed by atoms with E-state index in [1.807, 2.05) is 152 Å². The van der Waals surface area contributed by atoms with Crippen molar-refractivity contribution >= 4 is 45.5 Å². The van der Waals surface area contributed by atoms with E-state index in [-0.39, 0.29) is 111 Å². The van der Waals surface area contributed by atoms with Crippen molar-refractivity contribution in [3.05, 3.63) is 266 Å². The summed E-state index contributed by atoms with van der Waals surface area (Å²) in [7, 11) is 0. The number of hydrogen-bond donors (Lipinski definition) is 1. The molecule has 17 rings (SSSR count). The number of aliphatic imine (C=N–C) groups is 2. The van der Waals surface area contributed by atoms with Crippen molar-refractivity contribution in [3.63, 3.8) is 0 Å². The number of fused-ring (bicyclic) bond motifs is 8. The molecule has 19 nitrogen and oxygen atoms in total. The van der Waals surface area contributed by atoms with Crippen LogP contribution < -0.4 is 38.6 Å². The second kappa shape index (κ2) is 39.7. The van der Waals surface area contributed by atoms with Gasteiger partial charge in [0.2, 0.25) is 0 Å². The number of ether oxygens (including phenoxy) is 6. The van der Waals surface area contributed by atoms with Crippen LogP contribution >= 0.6 is 0 Å². The van der Waals surface area contributed by atoms with E-state index >= 15 is 10.2 Å². The number of benzene rings is 10. The first-order valence-electron chi connectivity index (χ1n) is 44.8. The Morgan fingerprint density at radius 2 is 0.667 bits per heavy atom. The summed E-state index contributed by atoms with van der Waals surface area (Å²) in [6.45, 7) is 21.6. The minimum Gasteiger partial charge on any atom is -2.00 e. The largest absolute Gasteiger partial charge is 2.00 e. The Labute approximate surface area is 763 Å². The van der Waals surface area contributed by atoms with E-state index in [0.29, 0.717) is 122 Å². The van der Waals surface area contributed by atoms with Crippen molar-refractivity contribution in [1.29, 1.82) is 0 Å². The fraction of sp³-hybridized carbons (Fsp3) is 0.358. The van der Waals surface area contributed by atoms with Crippen molar-refractivity contribution < 1.29 is 85.8 Å². The fourth-order valence-electron chi connectivity index (χ4n) is 18.3. The number of aromatic hydroxyl groups is 1. The summed E-state index contributed by atoms with van der Waals surface area (Å²) in [6, 6.07) is 60.1. The molecule has 650 valence electrons. The molecule has 13 aromatic rings. The van der Waals surface area contributed by atoms with Gasteiger partial charge in [-0.05, 0) is 124 Å². The van der Waals surface area contributed by atoms with E-state index in [1.165, 1.54) is 0 Å². The molecule has 6 atom stereocenters. The Kier molecular flexibility index (Phi) is 28.7. The van der Waals surface area contributed by atoms with Gasteiger partial charge in [0, 0.05) is 130 Å². The molecule has 0 amide bonds. The van der Waals surface area contributed by atoms with E-state index in [1.54, 1.807) is 18.5 Å². The molecule has 0 saturated carbocycles. The standard InChI is InChI=1S/C106H112N8O9.2O.U/c1-11-15-19-29-43-68-72-55-73-69(44-30-20-16-12-2)74-56-75-70(45-31-21-17-13-3)76-57-77-71(46-32-22-18-14-4)79-58-78(68)97(117)80(63-108-95(65-41-27-24-28-42-65)94(64-39-25-23-26-40-64)107-62-66-53-67(105(5,6)7)54-81(96(66)116)106(8,9)10)98(79)123-104-103(113-86-51-37-38-52-87(86)114-104)122-93(77)61-92(76)121-102-101(111-84-49-35-36-50-85(84)112-102)120-91(75)60-90(74)119-100-99(118-89(73)59-88(72)115)109-82-47-33-34-48-83(82)110-100;;;/h23-28,33-42,47-63,68-71,94-95,115-117H,11-22,29-32,43-46H2,1-10H3;;;/q;2*-2;/p-2/t68?,69?,70?,71?,94-,95-;;;/m1.../s1. The molecule has 0 fully saturated rings. The van der Waals surface area contributed by atoms with Gasteiger partial charge in [0.1, 0.15) is 52.3 Å². The molecular formula is C106H110N8O11U-6. The fourth-order valence-corrected chi connectivity index (χ4v) is 18.3. The summed E-state index contributed by atoms with van der Waals surface area (Å²) < 4.78 is 45.2. The summed E-state index contributed by atoms with van der Waals surface area (Å²) in [5.41, 5.74) is 12.5. The second-order valence-electron chi connectivity index (χ2n) is 35.8.